The monoisotopic (exact) mass is 284 g/mol. The number of nitrogens with one attached hydrogen (secondary N) is 1. The van der Waals surface area contributed by atoms with Gasteiger partial charge in [0.25, 0.3) is 0 Å². The van der Waals surface area contributed by atoms with Gasteiger partial charge in [-0.3, -0.25) is 11.3 Å². The van der Waals surface area contributed by atoms with Crippen LogP contribution >= 0.6 is 0 Å². The van der Waals surface area contributed by atoms with Gasteiger partial charge in [0.05, 0.1) is 17.4 Å². The molecule has 0 amide bonds. The first-order valence-corrected chi connectivity index (χ1v) is 6.86. The highest BCUT2D eigenvalue weighted by atomic mass is 19.1. The predicted molar refractivity (Wildman–Crippen MR) is 80.9 cm³/mol. The van der Waals surface area contributed by atoms with Crippen LogP contribution in [0.1, 0.15) is 5.56 Å². The lowest BCUT2D eigenvalue weighted by atomic mass is 10.1. The van der Waals surface area contributed by atoms with Crippen molar-refractivity contribution >= 4 is 11.0 Å². The molecular formula is C16H17FN4. The van der Waals surface area contributed by atoms with Crippen LogP contribution in [-0.4, -0.2) is 15.6 Å². The lowest BCUT2D eigenvalue weighted by Gasteiger charge is -2.17. The highest BCUT2D eigenvalue weighted by Crippen LogP contribution is 2.13. The van der Waals surface area contributed by atoms with Crippen LogP contribution in [0.5, 0.6) is 0 Å². The molecule has 1 heterocycles. The van der Waals surface area contributed by atoms with Crippen molar-refractivity contribution in [3.05, 3.63) is 66.2 Å². The van der Waals surface area contributed by atoms with Crippen molar-refractivity contribution in [2.45, 2.75) is 19.0 Å². The Balaban J connectivity index is 1.76. The normalized spacial score (nSPS) is 12.7. The number of aromatic nitrogens is 2. The Morgan fingerprint density at radius 2 is 1.90 bits per heavy atom. The van der Waals surface area contributed by atoms with Gasteiger partial charge in [-0.1, -0.05) is 24.3 Å². The maximum absolute atomic E-state index is 12.9. The zero-order valence-electron chi connectivity index (χ0n) is 11.5. The molecule has 5 heteroatoms. The smallest absolute Gasteiger partial charge is 0.123 e. The summed E-state index contributed by atoms with van der Waals surface area (Å²) in [5.41, 5.74) is 5.92. The number of rotatable bonds is 5. The Bertz CT molecular complexity index is 720. The summed E-state index contributed by atoms with van der Waals surface area (Å²) < 4.78 is 15.0. The third kappa shape index (κ3) is 3.09. The summed E-state index contributed by atoms with van der Waals surface area (Å²) in [6, 6.07) is 14.5. The first-order valence-electron chi connectivity index (χ1n) is 6.86. The summed E-state index contributed by atoms with van der Waals surface area (Å²) in [5, 5.41) is 0. The summed E-state index contributed by atoms with van der Waals surface area (Å²) in [4.78, 5) is 4.37. The second-order valence-corrected chi connectivity index (χ2v) is 5.08. The van der Waals surface area contributed by atoms with Gasteiger partial charge in [0, 0.05) is 12.6 Å². The Hall–Kier alpha value is -2.24. The summed E-state index contributed by atoms with van der Waals surface area (Å²) in [6.07, 6.45) is 2.54. The molecule has 2 aromatic carbocycles. The number of para-hydroxylation sites is 2. The molecule has 0 radical (unpaired) electrons. The molecule has 3 aromatic rings. The van der Waals surface area contributed by atoms with Crippen LogP contribution in [0.2, 0.25) is 0 Å². The fourth-order valence-corrected chi connectivity index (χ4v) is 2.47. The molecule has 0 bridgehead atoms. The number of halogens is 1. The predicted octanol–water partition coefficient (Wildman–Crippen LogP) is 2.25. The summed E-state index contributed by atoms with van der Waals surface area (Å²) in [6.45, 7) is 0.703. The van der Waals surface area contributed by atoms with Crippen molar-refractivity contribution in [2.24, 2.45) is 5.84 Å². The fraction of sp³-hybridized carbons (Fsp3) is 0.188. The molecule has 3 rings (SSSR count). The zero-order chi connectivity index (χ0) is 14.7. The van der Waals surface area contributed by atoms with E-state index in [4.69, 9.17) is 5.84 Å². The van der Waals surface area contributed by atoms with E-state index in [9.17, 15) is 4.39 Å². The van der Waals surface area contributed by atoms with Gasteiger partial charge in [-0.05, 0) is 36.2 Å². The topological polar surface area (TPSA) is 55.9 Å². The van der Waals surface area contributed by atoms with E-state index < -0.39 is 0 Å². The second-order valence-electron chi connectivity index (χ2n) is 5.08. The van der Waals surface area contributed by atoms with Gasteiger partial charge in [-0.25, -0.2) is 9.37 Å². The van der Waals surface area contributed by atoms with Crippen LogP contribution in [-0.2, 0) is 13.0 Å². The SMILES string of the molecule is NNC(Cc1ccc(F)cc1)Cn1cnc2ccccc21. The minimum absolute atomic E-state index is 0.0491. The number of nitrogens with zero attached hydrogens (tertiary/aromatic N) is 2. The Kier molecular flexibility index (Phi) is 3.94. The number of hydrogen-bond acceptors (Lipinski definition) is 3. The average molecular weight is 284 g/mol. The molecule has 0 fully saturated rings. The largest absolute Gasteiger partial charge is 0.329 e. The van der Waals surface area contributed by atoms with Crippen molar-refractivity contribution in [3.63, 3.8) is 0 Å². The van der Waals surface area contributed by atoms with Gasteiger partial charge in [0.15, 0.2) is 0 Å². The van der Waals surface area contributed by atoms with Crippen molar-refractivity contribution in [3.8, 4) is 0 Å². The van der Waals surface area contributed by atoms with Crippen molar-refractivity contribution in [2.75, 3.05) is 0 Å². The van der Waals surface area contributed by atoms with Gasteiger partial charge in [-0.2, -0.15) is 0 Å². The molecule has 0 aliphatic heterocycles. The first-order chi connectivity index (χ1) is 10.3. The average Bonchev–Trinajstić information content (AvgIpc) is 2.92. The molecule has 1 atom stereocenters. The number of hydrogen-bond donors (Lipinski definition) is 2. The number of hydrazine groups is 1. The quantitative estimate of drug-likeness (QED) is 0.558. The van der Waals surface area contributed by atoms with Crippen molar-refractivity contribution in [1.29, 1.82) is 0 Å². The summed E-state index contributed by atoms with van der Waals surface area (Å²) in [5.74, 6) is 5.43. The maximum atomic E-state index is 12.9. The molecule has 4 nitrogen and oxygen atoms in total. The molecule has 3 N–H and O–H groups in total. The number of nitrogens with two attached hydrogens (primary N) is 1. The van der Waals surface area contributed by atoms with Gasteiger partial charge in [-0.15, -0.1) is 0 Å². The molecule has 21 heavy (non-hydrogen) atoms. The van der Waals surface area contributed by atoms with Crippen LogP contribution in [0.15, 0.2) is 54.9 Å². The molecule has 0 aliphatic rings. The molecule has 0 saturated heterocycles. The zero-order valence-corrected chi connectivity index (χ0v) is 11.5. The lowest BCUT2D eigenvalue weighted by molar-refractivity contribution is 0.460. The highest BCUT2D eigenvalue weighted by Gasteiger charge is 2.11. The number of benzene rings is 2. The third-order valence-corrected chi connectivity index (χ3v) is 3.58. The fourth-order valence-electron chi connectivity index (χ4n) is 2.47. The van der Waals surface area contributed by atoms with Crippen LogP contribution in [0.25, 0.3) is 11.0 Å². The molecule has 0 spiro atoms. The van der Waals surface area contributed by atoms with E-state index >= 15 is 0 Å². The molecule has 0 saturated carbocycles. The lowest BCUT2D eigenvalue weighted by Crippen LogP contribution is -2.39. The molecule has 108 valence electrons. The van der Waals surface area contributed by atoms with Crippen LogP contribution < -0.4 is 11.3 Å². The van der Waals surface area contributed by atoms with E-state index in [1.165, 1.54) is 12.1 Å². The van der Waals surface area contributed by atoms with Gasteiger partial charge in [0.1, 0.15) is 5.82 Å². The van der Waals surface area contributed by atoms with Gasteiger partial charge >= 0.3 is 0 Å². The van der Waals surface area contributed by atoms with E-state index in [0.717, 1.165) is 23.0 Å². The summed E-state index contributed by atoms with van der Waals surface area (Å²) >= 11 is 0. The number of fused-ring (bicyclic) bond motifs is 1. The van der Waals surface area contributed by atoms with Crippen molar-refractivity contribution in [1.82, 2.24) is 15.0 Å². The molecule has 1 unspecified atom stereocenters. The van der Waals surface area contributed by atoms with E-state index in [1.54, 1.807) is 12.1 Å². The highest BCUT2D eigenvalue weighted by molar-refractivity contribution is 5.74. The second kappa shape index (κ2) is 6.03. The Morgan fingerprint density at radius 1 is 1.14 bits per heavy atom. The minimum Gasteiger partial charge on any atom is -0.329 e. The van der Waals surface area contributed by atoms with Gasteiger partial charge in [0.2, 0.25) is 0 Å². The van der Waals surface area contributed by atoms with Crippen molar-refractivity contribution < 1.29 is 4.39 Å². The molecule has 1 aromatic heterocycles. The minimum atomic E-state index is -0.225. The third-order valence-electron chi connectivity index (χ3n) is 3.58. The van der Waals surface area contributed by atoms with Crippen LogP contribution in [0.3, 0.4) is 0 Å². The van der Waals surface area contributed by atoms with Crippen LogP contribution in [0, 0.1) is 5.82 Å². The summed E-state index contributed by atoms with van der Waals surface area (Å²) in [7, 11) is 0. The first kappa shape index (κ1) is 13.7. The van der Waals surface area contributed by atoms with E-state index in [1.807, 2.05) is 30.6 Å². The standard InChI is InChI=1S/C16H17FN4/c17-13-7-5-12(6-8-13)9-14(20-18)10-21-11-19-15-3-1-2-4-16(15)21/h1-8,11,14,20H,9-10,18H2. The van der Waals surface area contributed by atoms with E-state index in [-0.39, 0.29) is 11.9 Å². The van der Waals surface area contributed by atoms with E-state index in [2.05, 4.69) is 15.0 Å². The van der Waals surface area contributed by atoms with Gasteiger partial charge < -0.3 is 4.57 Å². The molecule has 0 aliphatic carbocycles. The van der Waals surface area contributed by atoms with Crippen LogP contribution in [0.4, 0.5) is 4.39 Å². The van der Waals surface area contributed by atoms with E-state index in [0.29, 0.717) is 6.54 Å². The Labute approximate surface area is 122 Å². The molecular weight excluding hydrogens is 267 g/mol. The number of imidazole rings is 1. The Morgan fingerprint density at radius 3 is 2.67 bits per heavy atom. The maximum Gasteiger partial charge on any atom is 0.123 e.